The summed E-state index contributed by atoms with van der Waals surface area (Å²) < 4.78 is 28.3. The van der Waals surface area contributed by atoms with E-state index in [1.54, 1.807) is 12.1 Å². The Hall–Kier alpha value is -1.89. The van der Waals surface area contributed by atoms with Crippen molar-refractivity contribution in [3.05, 3.63) is 59.7 Å². The van der Waals surface area contributed by atoms with Crippen LogP contribution in [0, 0.1) is 0 Å². The Morgan fingerprint density at radius 2 is 1.71 bits per heavy atom. The van der Waals surface area contributed by atoms with Crippen LogP contribution >= 0.6 is 24.0 Å². The number of nitrogens with one attached hydrogen (secondary N) is 2. The molecule has 5 N–H and O–H groups in total. The van der Waals surface area contributed by atoms with E-state index in [0.717, 1.165) is 16.9 Å². The fourth-order valence-corrected chi connectivity index (χ4v) is 3.16. The first-order valence-electron chi connectivity index (χ1n) is 9.77. The van der Waals surface area contributed by atoms with Crippen LogP contribution in [-0.4, -0.2) is 38.7 Å². The Morgan fingerprint density at radius 3 is 2.23 bits per heavy atom. The highest BCUT2D eigenvalue weighted by Gasteiger charge is 2.10. The Bertz CT molecular complexity index is 933. The molecule has 0 aliphatic carbocycles. The first-order chi connectivity index (χ1) is 14.2. The number of sulfonamides is 1. The first-order valence-corrected chi connectivity index (χ1v) is 11.3. The van der Waals surface area contributed by atoms with Crippen LogP contribution in [-0.2, 0) is 16.6 Å². The minimum absolute atomic E-state index is 0. The molecule has 31 heavy (non-hydrogen) atoms. The van der Waals surface area contributed by atoms with Crippen LogP contribution in [0.15, 0.2) is 58.4 Å². The number of guanidine groups is 1. The predicted octanol–water partition coefficient (Wildman–Crippen LogP) is 2.53. The number of rotatable bonds is 9. The third kappa shape index (κ3) is 9.42. The van der Waals surface area contributed by atoms with Crippen molar-refractivity contribution in [2.45, 2.75) is 44.4 Å². The molecular weight excluding hydrogens is 531 g/mol. The molecule has 0 heterocycles. The van der Waals surface area contributed by atoms with Gasteiger partial charge in [0.05, 0.1) is 23.6 Å². The molecule has 10 heteroatoms. The van der Waals surface area contributed by atoms with Gasteiger partial charge in [-0.3, -0.25) is 0 Å². The number of aliphatic hydroxyl groups excluding tert-OH is 1. The number of benzene rings is 2. The van der Waals surface area contributed by atoms with Crippen molar-refractivity contribution in [1.82, 2.24) is 10.6 Å². The van der Waals surface area contributed by atoms with E-state index in [9.17, 15) is 13.5 Å². The summed E-state index contributed by atoms with van der Waals surface area (Å²) in [4.78, 5) is 4.53. The third-order valence-corrected chi connectivity index (χ3v) is 5.04. The van der Waals surface area contributed by atoms with Crippen LogP contribution in [0.4, 0.5) is 0 Å². The highest BCUT2D eigenvalue weighted by atomic mass is 127. The zero-order valence-corrected chi connectivity index (χ0v) is 21.1. The molecule has 0 fully saturated rings. The van der Waals surface area contributed by atoms with Gasteiger partial charge in [0, 0.05) is 13.1 Å². The molecule has 2 aromatic rings. The van der Waals surface area contributed by atoms with Gasteiger partial charge in [0.1, 0.15) is 5.75 Å². The number of halogens is 1. The summed E-state index contributed by atoms with van der Waals surface area (Å²) in [7, 11) is -3.71. The maximum atomic E-state index is 11.3. The summed E-state index contributed by atoms with van der Waals surface area (Å²) in [5.74, 6) is 1.31. The smallest absolute Gasteiger partial charge is 0.238 e. The number of primary sulfonamides is 1. The molecule has 0 aromatic heterocycles. The number of hydrogen-bond acceptors (Lipinski definition) is 5. The molecular formula is C21H31IN4O4S. The normalized spacial score (nSPS) is 12.8. The molecule has 2 aromatic carbocycles. The predicted molar refractivity (Wildman–Crippen MR) is 133 cm³/mol. The standard InChI is InChI=1S/C21H30N4O4S.HI/c1-4-23-21(24-13-16-5-11-19(12-6-16)30(22,27)28)25-14-20(26)17-7-9-18(10-8-17)29-15(2)3;/h5-12,15,20,26H,4,13-14H2,1-3H3,(H2,22,27,28)(H2,23,24,25);1H. The average Bonchev–Trinajstić information content (AvgIpc) is 2.69. The van der Waals surface area contributed by atoms with Crippen molar-refractivity contribution in [1.29, 1.82) is 0 Å². The van der Waals surface area contributed by atoms with Crippen LogP contribution in [0.3, 0.4) is 0 Å². The molecule has 172 valence electrons. The quantitative estimate of drug-likeness (QED) is 0.212. The number of aliphatic hydroxyl groups is 1. The minimum Gasteiger partial charge on any atom is -0.491 e. The topological polar surface area (TPSA) is 126 Å². The van der Waals surface area contributed by atoms with E-state index >= 15 is 0 Å². The lowest BCUT2D eigenvalue weighted by molar-refractivity contribution is 0.180. The average molecular weight is 562 g/mol. The van der Waals surface area contributed by atoms with Crippen LogP contribution in [0.1, 0.15) is 38.0 Å². The lowest BCUT2D eigenvalue weighted by Gasteiger charge is -2.16. The number of nitrogens with zero attached hydrogens (tertiary/aromatic N) is 1. The SMILES string of the molecule is CCNC(=NCc1ccc(S(N)(=O)=O)cc1)NCC(O)c1ccc(OC(C)C)cc1.I. The fourth-order valence-electron chi connectivity index (χ4n) is 2.65. The van der Waals surface area contributed by atoms with Gasteiger partial charge in [0.25, 0.3) is 0 Å². The zero-order chi connectivity index (χ0) is 22.1. The van der Waals surface area contributed by atoms with Crippen molar-refractivity contribution in [3.8, 4) is 5.75 Å². The number of ether oxygens (including phenoxy) is 1. The van der Waals surface area contributed by atoms with E-state index in [0.29, 0.717) is 19.0 Å². The number of hydrogen-bond donors (Lipinski definition) is 4. The maximum Gasteiger partial charge on any atom is 0.238 e. The second-order valence-corrected chi connectivity index (χ2v) is 8.58. The molecule has 8 nitrogen and oxygen atoms in total. The summed E-state index contributed by atoms with van der Waals surface area (Å²) in [6.45, 7) is 7.15. The zero-order valence-electron chi connectivity index (χ0n) is 17.9. The summed E-state index contributed by atoms with van der Waals surface area (Å²) in [5.41, 5.74) is 1.61. The van der Waals surface area contributed by atoms with Crippen LogP contribution in [0.5, 0.6) is 5.75 Å². The van der Waals surface area contributed by atoms with Gasteiger partial charge in [-0.1, -0.05) is 24.3 Å². The molecule has 0 bridgehead atoms. The molecule has 1 unspecified atom stereocenters. The van der Waals surface area contributed by atoms with E-state index in [1.165, 1.54) is 12.1 Å². The molecule has 0 aliphatic heterocycles. The molecule has 0 radical (unpaired) electrons. The molecule has 1 atom stereocenters. The largest absolute Gasteiger partial charge is 0.491 e. The highest BCUT2D eigenvalue weighted by molar-refractivity contribution is 14.0. The van der Waals surface area contributed by atoms with Gasteiger partial charge in [-0.25, -0.2) is 18.5 Å². The van der Waals surface area contributed by atoms with Crippen molar-refractivity contribution in [2.75, 3.05) is 13.1 Å². The molecule has 0 saturated carbocycles. The van der Waals surface area contributed by atoms with E-state index in [1.807, 2.05) is 45.0 Å². The van der Waals surface area contributed by atoms with Crippen LogP contribution in [0.25, 0.3) is 0 Å². The second kappa shape index (κ2) is 12.8. The summed E-state index contributed by atoms with van der Waals surface area (Å²) in [6.07, 6.45) is -0.617. The second-order valence-electron chi connectivity index (χ2n) is 7.02. The Labute approximate surface area is 201 Å². The van der Waals surface area contributed by atoms with Gasteiger partial charge in [-0.2, -0.15) is 0 Å². The van der Waals surface area contributed by atoms with Crippen molar-refractivity contribution in [2.24, 2.45) is 10.1 Å². The van der Waals surface area contributed by atoms with Gasteiger partial charge in [0.2, 0.25) is 10.0 Å². The summed E-state index contributed by atoms with van der Waals surface area (Å²) >= 11 is 0. The van der Waals surface area contributed by atoms with Crippen LogP contribution < -0.4 is 20.5 Å². The fraction of sp³-hybridized carbons (Fsp3) is 0.381. The molecule has 0 spiro atoms. The van der Waals surface area contributed by atoms with Gasteiger partial charge < -0.3 is 20.5 Å². The van der Waals surface area contributed by atoms with Gasteiger partial charge in [-0.15, -0.1) is 24.0 Å². The number of nitrogens with two attached hydrogens (primary N) is 1. The maximum absolute atomic E-state index is 11.3. The lowest BCUT2D eigenvalue weighted by Crippen LogP contribution is -2.39. The van der Waals surface area contributed by atoms with E-state index in [2.05, 4.69) is 15.6 Å². The monoisotopic (exact) mass is 562 g/mol. The third-order valence-electron chi connectivity index (χ3n) is 4.12. The van der Waals surface area contributed by atoms with E-state index in [4.69, 9.17) is 9.88 Å². The molecule has 0 aliphatic rings. The molecule has 0 amide bonds. The summed E-state index contributed by atoms with van der Waals surface area (Å²) in [5, 5.41) is 21.8. The molecule has 0 saturated heterocycles. The van der Waals surface area contributed by atoms with Gasteiger partial charge in [-0.05, 0) is 56.2 Å². The van der Waals surface area contributed by atoms with Crippen molar-refractivity contribution in [3.63, 3.8) is 0 Å². The van der Waals surface area contributed by atoms with Gasteiger partial charge >= 0.3 is 0 Å². The van der Waals surface area contributed by atoms with E-state index in [-0.39, 0.29) is 41.5 Å². The Morgan fingerprint density at radius 1 is 1.10 bits per heavy atom. The Balaban J connectivity index is 0.00000480. The highest BCUT2D eigenvalue weighted by Crippen LogP contribution is 2.18. The molecule has 2 rings (SSSR count). The van der Waals surface area contributed by atoms with Crippen molar-refractivity contribution >= 4 is 40.0 Å². The Kier molecular flexibility index (Phi) is 11.2. The van der Waals surface area contributed by atoms with E-state index < -0.39 is 16.1 Å². The first kappa shape index (κ1) is 27.1. The summed E-state index contributed by atoms with van der Waals surface area (Å²) in [6, 6.07) is 13.6. The van der Waals surface area contributed by atoms with Gasteiger partial charge in [0.15, 0.2) is 5.96 Å². The van der Waals surface area contributed by atoms with Crippen molar-refractivity contribution < 1.29 is 18.3 Å². The minimum atomic E-state index is -3.71. The number of aliphatic imine (C=N–C) groups is 1. The lowest BCUT2D eigenvalue weighted by atomic mass is 10.1. The van der Waals surface area contributed by atoms with Crippen LogP contribution in [0.2, 0.25) is 0 Å².